The number of hydrogen-bond acceptors (Lipinski definition) is 8. The zero-order valence-corrected chi connectivity index (χ0v) is 31.2. The highest BCUT2D eigenvalue weighted by atomic mass is 32.2. The molecule has 270 valence electrons. The van der Waals surface area contributed by atoms with Gasteiger partial charge in [0.1, 0.15) is 23.0 Å². The van der Waals surface area contributed by atoms with Crippen LogP contribution in [0.2, 0.25) is 0 Å². The number of imide groups is 2. The third kappa shape index (κ3) is 6.17. The molecular formula is C41H42N2O8S. The Hall–Kier alpha value is -5.29. The monoisotopic (exact) mass is 722 g/mol. The Balaban J connectivity index is 1.13. The van der Waals surface area contributed by atoms with Crippen LogP contribution in [0.15, 0.2) is 94.7 Å². The molecule has 4 amide bonds. The van der Waals surface area contributed by atoms with Gasteiger partial charge in [0.15, 0.2) is 0 Å². The summed E-state index contributed by atoms with van der Waals surface area (Å²) in [6.07, 6.45) is 2.24. The lowest BCUT2D eigenvalue weighted by atomic mass is 9.77. The van der Waals surface area contributed by atoms with Crippen LogP contribution in [0.25, 0.3) is 0 Å². The average Bonchev–Trinajstić information content (AvgIpc) is 3.54. The standard InChI is InChI=1S/C41H42N2O8S/c1-8-40(5,6)43-38(46)33-22-16-29(24-35(33)39(43)47)51-27-13-19-31(20-14-27)52(48,49)30-17-11-26(12-18-30)50-28-15-21-32-34(23-28)37(45)42(36(32)44)25(4)41(7,9-2)10-3/h11-25H,8-10H2,1-7H3. The Kier molecular flexibility index (Phi) is 9.38. The molecule has 52 heavy (non-hydrogen) atoms. The van der Waals surface area contributed by atoms with E-state index in [0.29, 0.717) is 40.5 Å². The minimum atomic E-state index is -3.90. The molecule has 0 spiro atoms. The molecule has 0 fully saturated rings. The molecule has 2 aliphatic heterocycles. The van der Waals surface area contributed by atoms with Crippen molar-refractivity contribution in [3.05, 3.63) is 107 Å². The van der Waals surface area contributed by atoms with E-state index in [4.69, 9.17) is 9.47 Å². The average molecular weight is 723 g/mol. The lowest BCUT2D eigenvalue weighted by Gasteiger charge is -2.38. The summed E-state index contributed by atoms with van der Waals surface area (Å²) in [7, 11) is -3.90. The molecule has 11 heteroatoms. The summed E-state index contributed by atoms with van der Waals surface area (Å²) in [5.41, 5.74) is 0.338. The van der Waals surface area contributed by atoms with Crippen molar-refractivity contribution in [1.82, 2.24) is 9.80 Å². The van der Waals surface area contributed by atoms with Gasteiger partial charge in [-0.25, -0.2) is 8.42 Å². The number of carbonyl (C=O) groups is 4. The molecule has 0 N–H and O–H groups in total. The van der Waals surface area contributed by atoms with Crippen LogP contribution in [0.3, 0.4) is 0 Å². The first-order chi connectivity index (χ1) is 24.6. The van der Waals surface area contributed by atoms with Crippen LogP contribution >= 0.6 is 0 Å². The van der Waals surface area contributed by atoms with Gasteiger partial charge in [-0.05, 0) is 130 Å². The van der Waals surface area contributed by atoms with Crippen molar-refractivity contribution in [2.24, 2.45) is 5.41 Å². The van der Waals surface area contributed by atoms with E-state index < -0.39 is 15.4 Å². The molecule has 10 nitrogen and oxygen atoms in total. The summed E-state index contributed by atoms with van der Waals surface area (Å²) < 4.78 is 38.8. The number of hydrogen-bond donors (Lipinski definition) is 0. The van der Waals surface area contributed by atoms with Crippen LogP contribution < -0.4 is 9.47 Å². The van der Waals surface area contributed by atoms with Crippen molar-refractivity contribution in [2.75, 3.05) is 0 Å². The number of sulfone groups is 1. The predicted molar refractivity (Wildman–Crippen MR) is 195 cm³/mol. The van der Waals surface area contributed by atoms with Crippen LogP contribution in [0.5, 0.6) is 23.0 Å². The number of amides is 4. The number of nitrogens with zero attached hydrogens (tertiary/aromatic N) is 2. The number of fused-ring (bicyclic) bond motifs is 2. The fourth-order valence-corrected chi connectivity index (χ4v) is 7.84. The lowest BCUT2D eigenvalue weighted by Crippen LogP contribution is -2.47. The first-order valence-corrected chi connectivity index (χ1v) is 18.9. The first kappa shape index (κ1) is 36.5. The number of rotatable bonds is 12. The summed E-state index contributed by atoms with van der Waals surface area (Å²) in [5.74, 6) is -0.00855. The molecule has 2 aliphatic rings. The Bertz CT molecular complexity index is 2200. The largest absolute Gasteiger partial charge is 0.457 e. The second-order valence-corrected chi connectivity index (χ2v) is 16.1. The predicted octanol–water partition coefficient (Wildman–Crippen LogP) is 8.70. The second-order valence-electron chi connectivity index (χ2n) is 14.2. The van der Waals surface area contributed by atoms with Crippen molar-refractivity contribution in [3.63, 3.8) is 0 Å². The molecule has 0 saturated carbocycles. The van der Waals surface area contributed by atoms with E-state index >= 15 is 0 Å². The summed E-state index contributed by atoms with van der Waals surface area (Å²) in [6, 6.07) is 21.0. The van der Waals surface area contributed by atoms with Gasteiger partial charge in [-0.1, -0.05) is 27.7 Å². The first-order valence-electron chi connectivity index (χ1n) is 17.4. The van der Waals surface area contributed by atoms with Crippen molar-refractivity contribution >= 4 is 33.5 Å². The van der Waals surface area contributed by atoms with Gasteiger partial charge in [0.05, 0.1) is 32.0 Å². The fraction of sp³-hybridized carbons (Fsp3) is 0.317. The molecule has 0 saturated heterocycles. The highest BCUT2D eigenvalue weighted by Gasteiger charge is 2.45. The molecule has 4 aromatic rings. The number of carbonyl (C=O) groups excluding carboxylic acids is 4. The summed E-state index contributed by atoms with van der Waals surface area (Å²) in [5, 5.41) is 0. The van der Waals surface area contributed by atoms with E-state index in [1.54, 1.807) is 30.3 Å². The molecule has 2 heterocycles. The molecule has 6 rings (SSSR count). The number of benzene rings is 4. The van der Waals surface area contributed by atoms with Crippen molar-refractivity contribution in [1.29, 1.82) is 0 Å². The topological polar surface area (TPSA) is 127 Å². The van der Waals surface area contributed by atoms with Crippen LogP contribution in [0.1, 0.15) is 109 Å². The highest BCUT2D eigenvalue weighted by Crippen LogP contribution is 2.39. The summed E-state index contributed by atoms with van der Waals surface area (Å²) in [6.45, 7) is 13.7. The number of ether oxygens (including phenoxy) is 2. The van der Waals surface area contributed by atoms with E-state index in [0.717, 1.165) is 12.8 Å². The molecule has 1 atom stereocenters. The quantitative estimate of drug-likeness (QED) is 0.133. The molecule has 0 bridgehead atoms. The van der Waals surface area contributed by atoms with Gasteiger partial charge >= 0.3 is 0 Å². The molecule has 0 aromatic heterocycles. The minimum Gasteiger partial charge on any atom is -0.457 e. The highest BCUT2D eigenvalue weighted by molar-refractivity contribution is 7.91. The van der Waals surface area contributed by atoms with Crippen LogP contribution in [-0.4, -0.2) is 53.4 Å². The zero-order chi connectivity index (χ0) is 37.7. The van der Waals surface area contributed by atoms with Crippen LogP contribution in [0, 0.1) is 5.41 Å². The molecule has 4 aromatic carbocycles. The second kappa shape index (κ2) is 13.4. The van der Waals surface area contributed by atoms with Crippen LogP contribution in [0.4, 0.5) is 0 Å². The Morgan fingerprint density at radius 3 is 1.38 bits per heavy atom. The van der Waals surface area contributed by atoms with E-state index in [9.17, 15) is 27.6 Å². The van der Waals surface area contributed by atoms with E-state index in [2.05, 4.69) is 20.8 Å². The Morgan fingerprint density at radius 2 is 0.942 bits per heavy atom. The summed E-state index contributed by atoms with van der Waals surface area (Å²) in [4.78, 5) is 55.4. The van der Waals surface area contributed by atoms with E-state index in [1.165, 1.54) is 64.4 Å². The van der Waals surface area contributed by atoms with Gasteiger partial charge in [0.2, 0.25) is 9.84 Å². The third-order valence-corrected chi connectivity index (χ3v) is 12.8. The summed E-state index contributed by atoms with van der Waals surface area (Å²) >= 11 is 0. The normalized spacial score (nSPS) is 15.2. The smallest absolute Gasteiger partial charge is 0.262 e. The van der Waals surface area contributed by atoms with E-state index in [-0.39, 0.29) is 56.0 Å². The van der Waals surface area contributed by atoms with Crippen molar-refractivity contribution < 1.29 is 37.1 Å². The molecule has 1 unspecified atom stereocenters. The Labute approximate surface area is 304 Å². The Morgan fingerprint density at radius 1 is 0.558 bits per heavy atom. The maximum atomic E-state index is 13.5. The maximum Gasteiger partial charge on any atom is 0.262 e. The van der Waals surface area contributed by atoms with E-state index in [1.807, 2.05) is 27.7 Å². The van der Waals surface area contributed by atoms with Gasteiger partial charge in [-0.3, -0.25) is 29.0 Å². The van der Waals surface area contributed by atoms with Gasteiger partial charge in [0.25, 0.3) is 23.6 Å². The molecule has 0 aliphatic carbocycles. The molecule has 0 radical (unpaired) electrons. The fourth-order valence-electron chi connectivity index (χ4n) is 6.58. The lowest BCUT2D eigenvalue weighted by molar-refractivity contribution is 0.0420. The zero-order valence-electron chi connectivity index (χ0n) is 30.4. The van der Waals surface area contributed by atoms with Crippen molar-refractivity contribution in [2.45, 2.75) is 89.1 Å². The van der Waals surface area contributed by atoms with Crippen LogP contribution in [-0.2, 0) is 9.84 Å². The van der Waals surface area contributed by atoms with Gasteiger partial charge in [-0.2, -0.15) is 0 Å². The van der Waals surface area contributed by atoms with Gasteiger partial charge < -0.3 is 9.47 Å². The van der Waals surface area contributed by atoms with Gasteiger partial charge in [-0.15, -0.1) is 0 Å². The molecular weight excluding hydrogens is 681 g/mol. The van der Waals surface area contributed by atoms with Crippen molar-refractivity contribution in [3.8, 4) is 23.0 Å². The third-order valence-electron chi connectivity index (χ3n) is 11.0. The van der Waals surface area contributed by atoms with Gasteiger partial charge in [0, 0.05) is 11.6 Å². The maximum absolute atomic E-state index is 13.5. The minimum absolute atomic E-state index is 0.0449. The SMILES string of the molecule is CCC(C)(CC)C(C)N1C(=O)c2ccc(Oc3ccc(S(=O)(=O)c4ccc(Oc5ccc6c(c5)C(=O)N(C(C)(C)CC)C6=O)cc4)cc3)cc2C1=O.